The summed E-state index contributed by atoms with van der Waals surface area (Å²) in [5, 5.41) is 0.127. The fourth-order valence-electron chi connectivity index (χ4n) is 4.90. The molecule has 0 aromatic heterocycles. The Morgan fingerprint density at radius 2 is 2.00 bits per heavy atom. The van der Waals surface area contributed by atoms with Crippen molar-refractivity contribution in [3.8, 4) is 11.1 Å². The van der Waals surface area contributed by atoms with Crippen LogP contribution in [0.3, 0.4) is 0 Å². The molecule has 2 aromatic rings. The first-order chi connectivity index (χ1) is 16.4. The summed E-state index contributed by atoms with van der Waals surface area (Å²) < 4.78 is 51.6. The van der Waals surface area contributed by atoms with E-state index in [4.69, 9.17) is 4.74 Å². The van der Waals surface area contributed by atoms with Gasteiger partial charge in [0, 0.05) is 54.7 Å². The van der Waals surface area contributed by atoms with Crippen LogP contribution in [0.15, 0.2) is 42.5 Å². The normalized spacial score (nSPS) is 27.5. The number of nitrogens with zero attached hydrogens (tertiary/aromatic N) is 1. The van der Waals surface area contributed by atoms with Crippen LogP contribution >= 0.6 is 0 Å². The Labute approximate surface area is 202 Å². The molecule has 5 nitrogen and oxygen atoms in total. The minimum atomic E-state index is -1.28. The highest BCUT2D eigenvalue weighted by Gasteiger charge is 2.48. The molecule has 34 heavy (non-hydrogen) atoms. The second kappa shape index (κ2) is 9.93. The van der Waals surface area contributed by atoms with Gasteiger partial charge in [0.05, 0.1) is 13.2 Å². The first-order valence-electron chi connectivity index (χ1n) is 12.0. The second-order valence-electron chi connectivity index (χ2n) is 9.58. The van der Waals surface area contributed by atoms with E-state index in [0.717, 1.165) is 24.0 Å². The van der Waals surface area contributed by atoms with Crippen LogP contribution in [0.2, 0.25) is 0 Å². The number of rotatable bonds is 8. The lowest BCUT2D eigenvalue weighted by Crippen LogP contribution is -2.50. The number of aryl methyl sites for hydroxylation is 1. The Morgan fingerprint density at radius 3 is 2.68 bits per heavy atom. The number of halogens is 2. The van der Waals surface area contributed by atoms with E-state index in [1.807, 2.05) is 31.2 Å². The number of likely N-dealkylation sites (tertiary alicyclic amines) is 1. The van der Waals surface area contributed by atoms with Gasteiger partial charge in [-0.05, 0) is 24.5 Å². The van der Waals surface area contributed by atoms with Crippen molar-refractivity contribution in [2.24, 2.45) is 5.92 Å². The SMILES string of the molecule is Cc1cccc(-c2cccc(C[C@H]3[C@@H](CN[S+]([O-])C4CC4)[C@@H](F)CN3C(=O)C3CCO3)c2F)c1. The smallest absolute Gasteiger partial charge is 0.252 e. The van der Waals surface area contributed by atoms with Gasteiger partial charge in [-0.3, -0.25) is 4.79 Å². The van der Waals surface area contributed by atoms with Gasteiger partial charge in [-0.2, -0.15) is 0 Å². The van der Waals surface area contributed by atoms with Crippen LogP contribution in [0.5, 0.6) is 0 Å². The molecule has 2 aromatic carbocycles. The first-order valence-corrected chi connectivity index (χ1v) is 13.2. The number of nitrogens with one attached hydrogen (secondary N) is 1. The van der Waals surface area contributed by atoms with E-state index in [1.54, 1.807) is 18.2 Å². The lowest BCUT2D eigenvalue weighted by Gasteiger charge is -2.34. The van der Waals surface area contributed by atoms with Gasteiger partial charge < -0.3 is 14.2 Å². The molecule has 0 spiro atoms. The first kappa shape index (κ1) is 23.7. The summed E-state index contributed by atoms with van der Waals surface area (Å²) in [4.78, 5) is 14.6. The lowest BCUT2D eigenvalue weighted by molar-refractivity contribution is -0.157. The third-order valence-corrected chi connectivity index (χ3v) is 8.64. The van der Waals surface area contributed by atoms with Gasteiger partial charge in [-0.15, -0.1) is 4.72 Å². The van der Waals surface area contributed by atoms with E-state index in [0.29, 0.717) is 24.2 Å². The molecular formula is C26H30F2N2O3S. The Hall–Kier alpha value is -2.00. The summed E-state index contributed by atoms with van der Waals surface area (Å²) in [6, 6.07) is 12.3. The predicted molar refractivity (Wildman–Crippen MR) is 128 cm³/mol. The molecule has 2 unspecified atom stereocenters. The summed E-state index contributed by atoms with van der Waals surface area (Å²) in [6.45, 7) is 2.61. The average molecular weight is 489 g/mol. The number of carbonyl (C=O) groups is 1. The van der Waals surface area contributed by atoms with Crippen molar-refractivity contribution in [3.05, 3.63) is 59.4 Å². The summed E-state index contributed by atoms with van der Waals surface area (Å²) in [6.07, 6.45) is 0.796. The maximum atomic E-state index is 15.7. The molecule has 1 saturated carbocycles. The van der Waals surface area contributed by atoms with Crippen molar-refractivity contribution >= 4 is 17.3 Å². The number of ether oxygens (including phenoxy) is 1. The van der Waals surface area contributed by atoms with Crippen molar-refractivity contribution in [2.45, 2.75) is 56.2 Å². The van der Waals surface area contributed by atoms with Gasteiger partial charge in [0.25, 0.3) is 5.91 Å². The number of benzene rings is 2. The minimum absolute atomic E-state index is 0.0506. The molecule has 0 radical (unpaired) electrons. The summed E-state index contributed by atoms with van der Waals surface area (Å²) in [5.41, 5.74) is 2.74. The van der Waals surface area contributed by atoms with Gasteiger partial charge in [0.15, 0.2) is 0 Å². The highest BCUT2D eigenvalue weighted by atomic mass is 32.2. The summed E-state index contributed by atoms with van der Waals surface area (Å²) >= 11 is -1.21. The number of carbonyl (C=O) groups excluding carboxylic acids is 1. The Balaban J connectivity index is 1.41. The summed E-state index contributed by atoms with van der Waals surface area (Å²) in [5.74, 6) is -1.16. The van der Waals surface area contributed by atoms with E-state index in [1.165, 1.54) is 4.90 Å². The van der Waals surface area contributed by atoms with Crippen LogP contribution in [0.1, 0.15) is 30.4 Å². The molecule has 5 atom stereocenters. The van der Waals surface area contributed by atoms with Crippen LogP contribution in [0.25, 0.3) is 11.1 Å². The standard InChI is InChI=1S/C26H30F2N2O3S/c1-16-4-2-5-17(12-16)20-7-3-6-18(25(20)28)13-23-21(14-29-34(32)19-8-9-19)22(27)15-30(23)26(31)24-10-11-33-24/h2-7,12,19,21-24,29H,8-11,13-15H2,1H3/t21-,22-,23-,24?,34?/m0/s1. The Kier molecular flexibility index (Phi) is 6.93. The Morgan fingerprint density at radius 1 is 1.24 bits per heavy atom. The third-order valence-electron chi connectivity index (χ3n) is 7.11. The van der Waals surface area contributed by atoms with Crippen molar-refractivity contribution < 1.29 is 22.9 Å². The van der Waals surface area contributed by atoms with Crippen LogP contribution in [0.4, 0.5) is 8.78 Å². The zero-order valence-electron chi connectivity index (χ0n) is 19.2. The molecule has 2 heterocycles. The number of amides is 1. The topological polar surface area (TPSA) is 64.6 Å². The molecule has 1 aliphatic carbocycles. The predicted octanol–water partition coefficient (Wildman–Crippen LogP) is 3.71. The fourth-order valence-corrected chi connectivity index (χ4v) is 6.06. The number of hydrogen-bond donors (Lipinski definition) is 1. The molecule has 5 rings (SSSR count). The molecule has 2 aliphatic heterocycles. The zero-order valence-corrected chi connectivity index (χ0v) is 20.0. The van der Waals surface area contributed by atoms with E-state index >= 15 is 8.78 Å². The highest BCUT2D eigenvalue weighted by molar-refractivity contribution is 7.90. The molecule has 3 fully saturated rings. The molecule has 1 N–H and O–H groups in total. The maximum absolute atomic E-state index is 15.7. The highest BCUT2D eigenvalue weighted by Crippen LogP contribution is 2.35. The lowest BCUT2D eigenvalue weighted by atomic mass is 9.91. The number of alkyl halides is 1. The molecule has 1 amide bonds. The molecular weight excluding hydrogens is 458 g/mol. The van der Waals surface area contributed by atoms with E-state index in [2.05, 4.69) is 4.72 Å². The molecule has 182 valence electrons. The van der Waals surface area contributed by atoms with Crippen LogP contribution in [-0.2, 0) is 27.3 Å². The monoisotopic (exact) mass is 488 g/mol. The van der Waals surface area contributed by atoms with Crippen molar-refractivity contribution in [3.63, 3.8) is 0 Å². The quantitative estimate of drug-likeness (QED) is 0.576. The van der Waals surface area contributed by atoms with Crippen molar-refractivity contribution in [1.29, 1.82) is 0 Å². The molecule has 8 heteroatoms. The van der Waals surface area contributed by atoms with Gasteiger partial charge in [0.1, 0.15) is 23.3 Å². The van der Waals surface area contributed by atoms with Gasteiger partial charge >= 0.3 is 0 Å². The van der Waals surface area contributed by atoms with Gasteiger partial charge in [-0.1, -0.05) is 48.0 Å². The zero-order chi connectivity index (χ0) is 23.8. The van der Waals surface area contributed by atoms with E-state index < -0.39 is 35.6 Å². The van der Waals surface area contributed by atoms with Crippen LogP contribution in [0, 0.1) is 18.7 Å². The largest absolute Gasteiger partial charge is 0.598 e. The summed E-state index contributed by atoms with van der Waals surface area (Å²) in [7, 11) is 0. The molecule has 2 saturated heterocycles. The van der Waals surface area contributed by atoms with E-state index in [9.17, 15) is 9.35 Å². The second-order valence-corrected chi connectivity index (χ2v) is 11.1. The maximum Gasteiger partial charge on any atom is 0.252 e. The van der Waals surface area contributed by atoms with Crippen molar-refractivity contribution in [1.82, 2.24) is 9.62 Å². The molecule has 0 bridgehead atoms. The fraction of sp³-hybridized carbons (Fsp3) is 0.500. The third kappa shape index (κ3) is 4.87. The number of hydrogen-bond acceptors (Lipinski definition) is 4. The van der Waals surface area contributed by atoms with Crippen LogP contribution in [-0.4, -0.2) is 58.6 Å². The molecule has 3 aliphatic rings. The van der Waals surface area contributed by atoms with Gasteiger partial charge in [-0.25, -0.2) is 8.78 Å². The van der Waals surface area contributed by atoms with E-state index in [-0.39, 0.29) is 36.5 Å². The van der Waals surface area contributed by atoms with Gasteiger partial charge in [0.2, 0.25) is 0 Å². The van der Waals surface area contributed by atoms with Crippen LogP contribution < -0.4 is 4.72 Å². The van der Waals surface area contributed by atoms with Crippen molar-refractivity contribution in [2.75, 3.05) is 19.7 Å². The average Bonchev–Trinajstić information content (AvgIpc) is 3.58. The minimum Gasteiger partial charge on any atom is -0.598 e. The Bertz CT molecular complexity index is 1050.